The molecule has 0 atom stereocenters. The Hall–Kier alpha value is -2.29. The van der Waals surface area contributed by atoms with E-state index >= 15 is 0 Å². The standard InChI is InChI=1S/C17H15F4NO/c1-2-15(23)22-11-9-16(18,10-12-22)8-7-13-3-5-14(6-4-13)17(19,20)21/h2-6H,1,9-12H2. The first-order valence-electron chi connectivity index (χ1n) is 7.04. The molecule has 122 valence electrons. The molecule has 1 aliphatic rings. The maximum absolute atomic E-state index is 14.6. The summed E-state index contributed by atoms with van der Waals surface area (Å²) in [7, 11) is 0. The molecule has 1 aromatic carbocycles. The maximum atomic E-state index is 14.6. The van der Waals surface area contributed by atoms with Gasteiger partial charge in [-0.25, -0.2) is 4.39 Å². The molecule has 0 aliphatic carbocycles. The van der Waals surface area contributed by atoms with Crippen molar-refractivity contribution in [1.82, 2.24) is 4.90 Å². The van der Waals surface area contributed by atoms with Crippen LogP contribution in [-0.4, -0.2) is 29.6 Å². The average molecular weight is 325 g/mol. The van der Waals surface area contributed by atoms with Crippen LogP contribution in [0.5, 0.6) is 0 Å². The molecule has 1 aromatic rings. The zero-order valence-electron chi connectivity index (χ0n) is 12.3. The van der Waals surface area contributed by atoms with E-state index < -0.39 is 17.4 Å². The molecule has 1 saturated heterocycles. The van der Waals surface area contributed by atoms with E-state index in [-0.39, 0.29) is 31.8 Å². The smallest absolute Gasteiger partial charge is 0.339 e. The first-order valence-corrected chi connectivity index (χ1v) is 7.04. The minimum absolute atomic E-state index is 0.0697. The average Bonchev–Trinajstić information content (AvgIpc) is 2.53. The van der Waals surface area contributed by atoms with Gasteiger partial charge >= 0.3 is 6.18 Å². The number of carbonyl (C=O) groups excluding carboxylic acids is 1. The van der Waals surface area contributed by atoms with Crippen molar-refractivity contribution < 1.29 is 22.4 Å². The molecule has 0 N–H and O–H groups in total. The molecule has 0 aromatic heterocycles. The Morgan fingerprint density at radius 2 is 1.78 bits per heavy atom. The molecule has 0 spiro atoms. The topological polar surface area (TPSA) is 20.3 Å². The predicted octanol–water partition coefficient (Wildman–Crippen LogP) is 3.57. The summed E-state index contributed by atoms with van der Waals surface area (Å²) in [5.74, 6) is 4.82. The van der Waals surface area contributed by atoms with E-state index in [0.717, 1.165) is 12.1 Å². The minimum Gasteiger partial charge on any atom is -0.339 e. The number of benzene rings is 1. The van der Waals surface area contributed by atoms with Crippen molar-refractivity contribution in [3.05, 3.63) is 48.0 Å². The zero-order chi connectivity index (χ0) is 17.1. The predicted molar refractivity (Wildman–Crippen MR) is 78.2 cm³/mol. The number of amides is 1. The molecule has 0 bridgehead atoms. The van der Waals surface area contributed by atoms with Gasteiger partial charge in [-0.15, -0.1) is 0 Å². The van der Waals surface area contributed by atoms with Gasteiger partial charge in [-0.3, -0.25) is 4.79 Å². The zero-order valence-corrected chi connectivity index (χ0v) is 12.3. The summed E-state index contributed by atoms with van der Waals surface area (Å²) >= 11 is 0. The number of halogens is 4. The fourth-order valence-electron chi connectivity index (χ4n) is 2.26. The monoisotopic (exact) mass is 325 g/mol. The van der Waals surface area contributed by atoms with Crippen LogP contribution in [0.1, 0.15) is 24.0 Å². The quantitative estimate of drug-likeness (QED) is 0.439. The van der Waals surface area contributed by atoms with Gasteiger partial charge in [0.25, 0.3) is 0 Å². The normalized spacial score (nSPS) is 17.1. The lowest BCUT2D eigenvalue weighted by molar-refractivity contribution is -0.137. The first kappa shape index (κ1) is 17.1. The van der Waals surface area contributed by atoms with Crippen LogP contribution in [0.15, 0.2) is 36.9 Å². The number of likely N-dealkylation sites (tertiary alicyclic amines) is 1. The molecule has 1 amide bonds. The third kappa shape index (κ3) is 4.35. The van der Waals surface area contributed by atoms with Crippen molar-refractivity contribution >= 4 is 5.91 Å². The molecule has 1 aliphatic heterocycles. The number of alkyl halides is 4. The van der Waals surface area contributed by atoms with Crippen LogP contribution >= 0.6 is 0 Å². The summed E-state index contributed by atoms with van der Waals surface area (Å²) in [5, 5.41) is 0. The van der Waals surface area contributed by atoms with Gasteiger partial charge in [0.1, 0.15) is 0 Å². The molecular weight excluding hydrogens is 310 g/mol. The van der Waals surface area contributed by atoms with Crippen LogP contribution in [0.25, 0.3) is 0 Å². The first-order chi connectivity index (χ1) is 10.7. The summed E-state index contributed by atoms with van der Waals surface area (Å²) in [5.41, 5.74) is -2.19. The number of nitrogens with zero attached hydrogens (tertiary/aromatic N) is 1. The molecule has 2 rings (SSSR count). The lowest BCUT2D eigenvalue weighted by atomic mass is 9.93. The number of piperidine rings is 1. The van der Waals surface area contributed by atoms with Crippen molar-refractivity contribution in [2.45, 2.75) is 24.7 Å². The highest BCUT2D eigenvalue weighted by Crippen LogP contribution is 2.29. The van der Waals surface area contributed by atoms with Crippen LogP contribution in [-0.2, 0) is 11.0 Å². The van der Waals surface area contributed by atoms with Crippen molar-refractivity contribution in [1.29, 1.82) is 0 Å². The van der Waals surface area contributed by atoms with Crippen molar-refractivity contribution in [3.63, 3.8) is 0 Å². The highest BCUT2D eigenvalue weighted by Gasteiger charge is 2.34. The molecule has 0 unspecified atom stereocenters. The van der Waals surface area contributed by atoms with E-state index in [1.807, 2.05) is 0 Å². The Kier molecular flexibility index (Phi) is 4.79. The van der Waals surface area contributed by atoms with Gasteiger partial charge in [-0.1, -0.05) is 18.4 Å². The van der Waals surface area contributed by atoms with Crippen molar-refractivity contribution in [2.24, 2.45) is 0 Å². The van der Waals surface area contributed by atoms with Crippen LogP contribution in [0.2, 0.25) is 0 Å². The molecule has 1 heterocycles. The van der Waals surface area contributed by atoms with E-state index in [0.29, 0.717) is 5.56 Å². The Morgan fingerprint density at radius 3 is 2.26 bits per heavy atom. The van der Waals surface area contributed by atoms with Gasteiger partial charge in [0.2, 0.25) is 5.91 Å². The second kappa shape index (κ2) is 6.45. The second-order valence-electron chi connectivity index (χ2n) is 5.32. The lowest BCUT2D eigenvalue weighted by Crippen LogP contribution is -2.43. The largest absolute Gasteiger partial charge is 0.416 e. The molecule has 0 saturated carbocycles. The summed E-state index contributed by atoms with van der Waals surface area (Å²) in [4.78, 5) is 12.9. The van der Waals surface area contributed by atoms with E-state index in [1.165, 1.54) is 23.1 Å². The Labute approximate surface area is 131 Å². The van der Waals surface area contributed by atoms with Gasteiger partial charge in [-0.05, 0) is 30.3 Å². The summed E-state index contributed by atoms with van der Waals surface area (Å²) in [6.07, 6.45) is -3.09. The number of hydrogen-bond acceptors (Lipinski definition) is 1. The van der Waals surface area contributed by atoms with E-state index in [1.54, 1.807) is 0 Å². The molecular formula is C17H15F4NO. The van der Waals surface area contributed by atoms with Crippen molar-refractivity contribution in [3.8, 4) is 11.8 Å². The Bertz CT molecular complexity index is 644. The van der Waals surface area contributed by atoms with Crippen LogP contribution < -0.4 is 0 Å². The molecule has 6 heteroatoms. The van der Waals surface area contributed by atoms with Crippen LogP contribution in [0.3, 0.4) is 0 Å². The number of carbonyl (C=O) groups is 1. The fraction of sp³-hybridized carbons (Fsp3) is 0.353. The molecule has 1 fully saturated rings. The van der Waals surface area contributed by atoms with E-state index in [4.69, 9.17) is 0 Å². The van der Waals surface area contributed by atoms with E-state index in [2.05, 4.69) is 18.4 Å². The maximum Gasteiger partial charge on any atom is 0.416 e. The lowest BCUT2D eigenvalue weighted by Gasteiger charge is -2.32. The van der Waals surface area contributed by atoms with Gasteiger partial charge in [-0.2, -0.15) is 13.2 Å². The molecule has 23 heavy (non-hydrogen) atoms. The highest BCUT2D eigenvalue weighted by atomic mass is 19.4. The number of rotatable bonds is 1. The van der Waals surface area contributed by atoms with E-state index in [9.17, 15) is 22.4 Å². The highest BCUT2D eigenvalue weighted by molar-refractivity contribution is 5.87. The van der Waals surface area contributed by atoms with Crippen LogP contribution in [0.4, 0.5) is 17.6 Å². The molecule has 2 nitrogen and oxygen atoms in total. The van der Waals surface area contributed by atoms with Gasteiger partial charge < -0.3 is 4.90 Å². The SMILES string of the molecule is C=CC(=O)N1CCC(F)(C#Cc2ccc(C(F)(F)F)cc2)CC1. The summed E-state index contributed by atoms with van der Waals surface area (Å²) in [6, 6.07) is 4.27. The third-order valence-electron chi connectivity index (χ3n) is 3.69. The summed E-state index contributed by atoms with van der Waals surface area (Å²) in [6.45, 7) is 3.86. The summed E-state index contributed by atoms with van der Waals surface area (Å²) < 4.78 is 51.9. The number of hydrogen-bond donors (Lipinski definition) is 0. The third-order valence-corrected chi connectivity index (χ3v) is 3.69. The van der Waals surface area contributed by atoms with Gasteiger partial charge in [0.15, 0.2) is 5.67 Å². The van der Waals surface area contributed by atoms with Crippen molar-refractivity contribution in [2.75, 3.05) is 13.1 Å². The Morgan fingerprint density at radius 1 is 1.22 bits per heavy atom. The minimum atomic E-state index is -4.40. The Balaban J connectivity index is 2.04. The second-order valence-corrected chi connectivity index (χ2v) is 5.32. The van der Waals surface area contributed by atoms with Gasteiger partial charge in [0.05, 0.1) is 5.56 Å². The molecule has 0 radical (unpaired) electrons. The van der Waals surface area contributed by atoms with Gasteiger partial charge in [0, 0.05) is 31.5 Å². The fourth-order valence-corrected chi connectivity index (χ4v) is 2.26. The van der Waals surface area contributed by atoms with Crippen LogP contribution in [0, 0.1) is 11.8 Å².